The number of halogens is 2. The van der Waals surface area contributed by atoms with Crippen LogP contribution >= 0.6 is 11.6 Å². The molecular weight excluding hydrogens is 439 g/mol. The van der Waals surface area contributed by atoms with E-state index in [4.69, 9.17) is 11.6 Å². The highest BCUT2D eigenvalue weighted by molar-refractivity contribution is 6.31. The average Bonchev–Trinajstić information content (AvgIpc) is 3.20. The maximum absolute atomic E-state index is 14.4. The fourth-order valence-electron chi connectivity index (χ4n) is 6.05. The van der Waals surface area contributed by atoms with Crippen molar-refractivity contribution in [1.29, 1.82) is 0 Å². The Balaban J connectivity index is 1.57. The van der Waals surface area contributed by atoms with Crippen LogP contribution in [0.25, 0.3) is 0 Å². The van der Waals surface area contributed by atoms with E-state index >= 15 is 0 Å². The van der Waals surface area contributed by atoms with Crippen LogP contribution in [0.15, 0.2) is 36.7 Å². The number of hydrogen-bond donors (Lipinski definition) is 3. The number of carbonyl (C=O) groups is 1. The second-order valence-corrected chi connectivity index (χ2v) is 10.2. The Morgan fingerprint density at radius 1 is 1.06 bits per heavy atom. The Bertz CT molecular complexity index is 958. The Morgan fingerprint density at radius 2 is 1.73 bits per heavy atom. The van der Waals surface area contributed by atoms with Crippen LogP contribution in [0.3, 0.4) is 0 Å². The zero-order valence-corrected chi connectivity index (χ0v) is 19.6. The second-order valence-electron chi connectivity index (χ2n) is 9.83. The molecule has 5 nitrogen and oxygen atoms in total. The van der Waals surface area contributed by atoms with Gasteiger partial charge >= 0.3 is 0 Å². The first-order chi connectivity index (χ1) is 16.1. The molecule has 2 aromatic rings. The molecule has 3 N–H and O–H groups in total. The van der Waals surface area contributed by atoms with Gasteiger partial charge in [0.25, 0.3) is 0 Å². The summed E-state index contributed by atoms with van der Waals surface area (Å²) in [6.45, 7) is 0. The summed E-state index contributed by atoms with van der Waals surface area (Å²) in [6, 6.07) is 7.11. The molecule has 3 aliphatic rings. The Morgan fingerprint density at radius 3 is 2.39 bits per heavy atom. The lowest BCUT2D eigenvalue weighted by molar-refractivity contribution is -0.130. The third-order valence-electron chi connectivity index (χ3n) is 7.66. The summed E-state index contributed by atoms with van der Waals surface area (Å²) in [4.78, 5) is 18.4. The smallest absolute Gasteiger partial charge is 0.228 e. The van der Waals surface area contributed by atoms with Crippen molar-refractivity contribution in [2.45, 2.75) is 75.9 Å². The Kier molecular flexibility index (Phi) is 6.46. The zero-order chi connectivity index (χ0) is 22.8. The van der Waals surface area contributed by atoms with Gasteiger partial charge in [0.2, 0.25) is 5.91 Å². The number of aromatic nitrogens is 1. The van der Waals surface area contributed by atoms with Crippen molar-refractivity contribution in [2.24, 2.45) is 11.8 Å². The Hall–Kier alpha value is -2.34. The maximum Gasteiger partial charge on any atom is 0.228 e. The lowest BCUT2D eigenvalue weighted by Gasteiger charge is -2.43. The molecule has 1 aliphatic heterocycles. The third-order valence-corrected chi connectivity index (χ3v) is 7.95. The van der Waals surface area contributed by atoms with E-state index in [0.29, 0.717) is 11.4 Å². The predicted octanol–water partition coefficient (Wildman–Crippen LogP) is 6.21. The van der Waals surface area contributed by atoms with E-state index in [0.717, 1.165) is 56.9 Å². The number of amides is 1. The number of hydrogen-bond acceptors (Lipinski definition) is 4. The van der Waals surface area contributed by atoms with Crippen LogP contribution in [-0.4, -0.2) is 16.9 Å². The van der Waals surface area contributed by atoms with Crippen molar-refractivity contribution in [3.05, 3.63) is 53.1 Å². The predicted molar refractivity (Wildman–Crippen MR) is 130 cm³/mol. The number of nitrogens with one attached hydrogen (secondary N) is 3. The van der Waals surface area contributed by atoms with Crippen molar-refractivity contribution in [3.8, 4) is 0 Å². The first-order valence-corrected chi connectivity index (χ1v) is 12.7. The lowest BCUT2D eigenvalue weighted by Crippen LogP contribution is -2.56. The molecule has 2 atom stereocenters. The molecule has 33 heavy (non-hydrogen) atoms. The van der Waals surface area contributed by atoms with Crippen molar-refractivity contribution < 1.29 is 9.18 Å². The van der Waals surface area contributed by atoms with Gasteiger partial charge in [-0.1, -0.05) is 56.2 Å². The van der Waals surface area contributed by atoms with Gasteiger partial charge in [0.05, 0.1) is 22.3 Å². The molecule has 0 bridgehead atoms. The molecule has 7 heteroatoms. The maximum atomic E-state index is 14.4. The van der Waals surface area contributed by atoms with Gasteiger partial charge in [-0.25, -0.2) is 4.39 Å². The summed E-state index contributed by atoms with van der Waals surface area (Å²) in [5.41, 5.74) is 1.27. The molecule has 5 rings (SSSR count). The molecule has 176 valence electrons. The van der Waals surface area contributed by atoms with Crippen molar-refractivity contribution in [1.82, 2.24) is 10.3 Å². The van der Waals surface area contributed by atoms with E-state index in [1.54, 1.807) is 18.5 Å². The zero-order valence-electron chi connectivity index (χ0n) is 18.9. The molecule has 0 radical (unpaired) electrons. The molecule has 2 fully saturated rings. The standard InChI is InChI=1S/C26H32ClFN4O/c27-20-14-22-23(15-21(20)28)32-26(31-22,18-10-7-13-29-16-18)24(17-8-3-1-4-9-17)25(33)30-19-11-5-2-6-12-19/h7,10,13-17,19,24,31-32H,1-6,8-9,11-12H2,(H,30,33). The molecule has 2 unspecified atom stereocenters. The first-order valence-electron chi connectivity index (χ1n) is 12.3. The summed E-state index contributed by atoms with van der Waals surface area (Å²) in [5.74, 6) is -0.583. The van der Waals surface area contributed by atoms with Gasteiger partial charge in [-0.15, -0.1) is 0 Å². The number of nitrogens with zero attached hydrogens (tertiary/aromatic N) is 1. The van der Waals surface area contributed by atoms with E-state index < -0.39 is 11.5 Å². The van der Waals surface area contributed by atoms with Crippen molar-refractivity contribution in [2.75, 3.05) is 10.6 Å². The van der Waals surface area contributed by atoms with Gasteiger partial charge in [0.1, 0.15) is 11.5 Å². The molecular formula is C26H32ClFN4O. The highest BCUT2D eigenvalue weighted by Gasteiger charge is 2.52. The minimum Gasteiger partial charge on any atom is -0.357 e. The average molecular weight is 471 g/mol. The van der Waals surface area contributed by atoms with E-state index in [-0.39, 0.29) is 28.8 Å². The lowest BCUT2D eigenvalue weighted by atomic mass is 9.71. The highest BCUT2D eigenvalue weighted by atomic mass is 35.5. The number of pyridine rings is 1. The number of carbonyl (C=O) groups excluding carboxylic acids is 1. The fraction of sp³-hybridized carbons (Fsp3) is 0.538. The van der Waals surface area contributed by atoms with Crippen LogP contribution in [0.2, 0.25) is 5.02 Å². The first kappa shape index (κ1) is 22.5. The molecule has 2 saturated carbocycles. The van der Waals surface area contributed by atoms with Crippen LogP contribution in [0.4, 0.5) is 15.8 Å². The van der Waals surface area contributed by atoms with Crippen LogP contribution in [0, 0.1) is 17.7 Å². The summed E-state index contributed by atoms with van der Waals surface area (Å²) in [7, 11) is 0. The van der Waals surface area contributed by atoms with Crippen LogP contribution in [0.5, 0.6) is 0 Å². The molecule has 1 aromatic heterocycles. The molecule has 0 saturated heterocycles. The van der Waals surface area contributed by atoms with Crippen molar-refractivity contribution >= 4 is 28.9 Å². The summed E-state index contributed by atoms with van der Waals surface area (Å²) >= 11 is 6.12. The number of benzene rings is 1. The summed E-state index contributed by atoms with van der Waals surface area (Å²) in [5, 5.41) is 10.6. The fourth-order valence-corrected chi connectivity index (χ4v) is 6.22. The molecule has 0 spiro atoms. The van der Waals surface area contributed by atoms with E-state index in [9.17, 15) is 9.18 Å². The normalized spacial score (nSPS) is 24.4. The van der Waals surface area contributed by atoms with Crippen LogP contribution < -0.4 is 16.0 Å². The highest BCUT2D eigenvalue weighted by Crippen LogP contribution is 2.49. The summed E-state index contributed by atoms with van der Waals surface area (Å²) in [6.07, 6.45) is 14.6. The van der Waals surface area contributed by atoms with Crippen LogP contribution in [-0.2, 0) is 10.5 Å². The van der Waals surface area contributed by atoms with E-state index in [2.05, 4.69) is 20.9 Å². The third kappa shape index (κ3) is 4.42. The Labute approximate surface area is 199 Å². The van der Waals surface area contributed by atoms with Gasteiger partial charge in [-0.2, -0.15) is 0 Å². The van der Waals surface area contributed by atoms with Gasteiger partial charge < -0.3 is 16.0 Å². The quantitative estimate of drug-likeness (QED) is 0.486. The van der Waals surface area contributed by atoms with E-state index in [1.165, 1.54) is 18.9 Å². The van der Waals surface area contributed by atoms with Crippen molar-refractivity contribution in [3.63, 3.8) is 0 Å². The molecule has 2 heterocycles. The molecule has 1 amide bonds. The van der Waals surface area contributed by atoms with E-state index in [1.807, 2.05) is 12.1 Å². The minimum absolute atomic E-state index is 0.0610. The molecule has 2 aliphatic carbocycles. The monoisotopic (exact) mass is 470 g/mol. The molecule has 1 aromatic carbocycles. The summed E-state index contributed by atoms with van der Waals surface area (Å²) < 4.78 is 14.4. The van der Waals surface area contributed by atoms with Gasteiger partial charge in [-0.05, 0) is 43.7 Å². The van der Waals surface area contributed by atoms with Crippen LogP contribution in [0.1, 0.15) is 69.8 Å². The largest absolute Gasteiger partial charge is 0.357 e. The number of fused-ring (bicyclic) bond motifs is 1. The van der Waals surface area contributed by atoms with Gasteiger partial charge in [0.15, 0.2) is 0 Å². The second kappa shape index (κ2) is 9.49. The topological polar surface area (TPSA) is 66.0 Å². The SMILES string of the molecule is O=C(NC1CCCCC1)C(C1CCCCC1)C1(c2cccnc2)Nc2cc(F)c(Cl)cc2N1. The number of anilines is 2. The van der Waals surface area contributed by atoms with Gasteiger partial charge in [0, 0.05) is 30.1 Å². The number of rotatable bonds is 5. The van der Waals surface area contributed by atoms with Gasteiger partial charge in [-0.3, -0.25) is 9.78 Å². The minimum atomic E-state index is -0.922.